The number of hydrogen-bond acceptors (Lipinski definition) is 7. The number of aliphatic carboxylic acids is 1. The number of halogens is 2. The maximum atomic E-state index is 13.5. The highest BCUT2D eigenvalue weighted by molar-refractivity contribution is 7.93. The number of anilines is 2. The fourth-order valence-electron chi connectivity index (χ4n) is 4.83. The van der Waals surface area contributed by atoms with Crippen molar-refractivity contribution < 1.29 is 23.1 Å². The monoisotopic (exact) mass is 604 g/mol. The lowest BCUT2D eigenvalue weighted by atomic mass is 10.2. The molecule has 14 heteroatoms. The van der Waals surface area contributed by atoms with Crippen molar-refractivity contribution >= 4 is 67.5 Å². The maximum Gasteiger partial charge on any atom is 0.324 e. The fourth-order valence-corrected chi connectivity index (χ4v) is 7.35. The number of piperazine rings is 1. The summed E-state index contributed by atoms with van der Waals surface area (Å²) in [6, 6.07) is 6.68. The molecule has 1 saturated heterocycles. The van der Waals surface area contributed by atoms with Gasteiger partial charge in [-0.15, -0.1) is 0 Å². The van der Waals surface area contributed by atoms with Crippen LogP contribution in [0.15, 0.2) is 65.1 Å². The van der Waals surface area contributed by atoms with Crippen LogP contribution in [0, 0.1) is 0 Å². The molecule has 40 heavy (non-hydrogen) atoms. The highest BCUT2D eigenvalue weighted by Gasteiger charge is 2.34. The third-order valence-corrected chi connectivity index (χ3v) is 9.41. The van der Waals surface area contributed by atoms with Crippen molar-refractivity contribution in [3.63, 3.8) is 0 Å². The summed E-state index contributed by atoms with van der Waals surface area (Å²) in [5.41, 5.74) is 0.939. The van der Waals surface area contributed by atoms with Gasteiger partial charge in [0.1, 0.15) is 17.6 Å². The van der Waals surface area contributed by atoms with E-state index in [1.807, 2.05) is 4.57 Å². The van der Waals surface area contributed by atoms with Gasteiger partial charge in [0.05, 0.1) is 23.6 Å². The summed E-state index contributed by atoms with van der Waals surface area (Å²) in [6.07, 6.45) is 7.94. The fraction of sp³-hybridized carbons (Fsp3) is 0.308. The molecule has 1 atom stereocenters. The van der Waals surface area contributed by atoms with Crippen LogP contribution in [0.4, 0.5) is 11.5 Å². The van der Waals surface area contributed by atoms with Crippen molar-refractivity contribution in [1.29, 1.82) is 0 Å². The van der Waals surface area contributed by atoms with Gasteiger partial charge in [0.2, 0.25) is 15.9 Å². The first-order valence-corrected chi connectivity index (χ1v) is 14.7. The van der Waals surface area contributed by atoms with Crippen LogP contribution in [0.25, 0.3) is 16.7 Å². The van der Waals surface area contributed by atoms with Gasteiger partial charge in [-0.05, 0) is 36.4 Å². The molecule has 1 aliphatic heterocycles. The Morgan fingerprint density at radius 2 is 1.77 bits per heavy atom. The van der Waals surface area contributed by atoms with Gasteiger partial charge in [0.15, 0.2) is 5.82 Å². The minimum Gasteiger partial charge on any atom is -0.480 e. The van der Waals surface area contributed by atoms with Gasteiger partial charge in [-0.25, -0.2) is 18.4 Å². The molecule has 2 aliphatic rings. The Morgan fingerprint density at radius 1 is 1.07 bits per heavy atom. The first-order valence-electron chi connectivity index (χ1n) is 12.4. The van der Waals surface area contributed by atoms with Crippen molar-refractivity contribution in [3.8, 4) is 5.82 Å². The summed E-state index contributed by atoms with van der Waals surface area (Å²) in [6.45, 7) is 3.41. The highest BCUT2D eigenvalue weighted by Crippen LogP contribution is 2.33. The van der Waals surface area contributed by atoms with E-state index in [1.54, 1.807) is 54.7 Å². The van der Waals surface area contributed by atoms with Crippen LogP contribution in [0.2, 0.25) is 0 Å². The van der Waals surface area contributed by atoms with E-state index >= 15 is 0 Å². The lowest BCUT2D eigenvalue weighted by Gasteiger charge is -2.34. The lowest BCUT2D eigenvalue weighted by Crippen LogP contribution is -2.48. The van der Waals surface area contributed by atoms with Crippen molar-refractivity contribution in [1.82, 2.24) is 19.4 Å². The zero-order valence-corrected chi connectivity index (χ0v) is 23.8. The smallest absolute Gasteiger partial charge is 0.324 e. The predicted molar refractivity (Wildman–Crippen MR) is 154 cm³/mol. The second-order valence-electron chi connectivity index (χ2n) is 9.49. The molecule has 210 valence electrons. The molecule has 1 fully saturated rings. The number of fused-ring (bicyclic) bond motifs is 1. The minimum atomic E-state index is -4.17. The highest BCUT2D eigenvalue weighted by atomic mass is 35.5. The van der Waals surface area contributed by atoms with Gasteiger partial charge in [-0.2, -0.15) is 0 Å². The largest absolute Gasteiger partial charge is 0.480 e. The number of carbonyl (C=O) groups excluding carboxylic acids is 1. The zero-order valence-electron chi connectivity index (χ0n) is 21.4. The summed E-state index contributed by atoms with van der Waals surface area (Å²) in [5, 5.41) is 9.54. The number of carboxylic acids is 1. The SMILES string of the molecule is CC(=O)N1CCN(c2cnc(-n3ccc4cc(N(CC(=O)O)S(=O)(=O)C5C=C(Cl)C=C(Cl)C5)ccc43)cn2)CC1. The third-order valence-electron chi connectivity index (χ3n) is 6.89. The standard InChI is InChI=1S/C26H26Cl2N6O5S/c1-17(35)31-6-8-32(9-7-31)24-14-30-25(15-29-24)33-5-4-18-10-21(2-3-23(18)33)34(16-26(36)37)40(38,39)22-12-19(27)11-20(28)13-22/h2-5,10-12,14-15,22H,6-9,13,16H2,1H3,(H,36,37). The van der Waals surface area contributed by atoms with Gasteiger partial charge in [0.25, 0.3) is 0 Å². The number of sulfonamides is 1. The van der Waals surface area contributed by atoms with Crippen LogP contribution < -0.4 is 9.21 Å². The Bertz CT molecular complexity index is 1630. The molecule has 3 heterocycles. The van der Waals surface area contributed by atoms with Crippen LogP contribution in [0.1, 0.15) is 13.3 Å². The molecule has 11 nitrogen and oxygen atoms in total. The van der Waals surface area contributed by atoms with E-state index in [9.17, 15) is 23.1 Å². The van der Waals surface area contributed by atoms with Gasteiger partial charge in [-0.1, -0.05) is 23.2 Å². The molecule has 2 aromatic heterocycles. The van der Waals surface area contributed by atoms with Crippen molar-refractivity contribution in [3.05, 3.63) is 65.1 Å². The van der Waals surface area contributed by atoms with Crippen LogP contribution in [-0.4, -0.2) is 82.8 Å². The molecule has 1 aliphatic carbocycles. The van der Waals surface area contributed by atoms with Crippen molar-refractivity contribution in [2.24, 2.45) is 0 Å². The Hall–Kier alpha value is -3.61. The summed E-state index contributed by atoms with van der Waals surface area (Å²) < 4.78 is 29.7. The number of rotatable bonds is 7. The molecule has 0 spiro atoms. The van der Waals surface area contributed by atoms with Gasteiger partial charge < -0.3 is 14.9 Å². The van der Waals surface area contributed by atoms with E-state index in [0.29, 0.717) is 43.2 Å². The van der Waals surface area contributed by atoms with Gasteiger partial charge in [-0.3, -0.25) is 18.5 Å². The Labute approximate surface area is 241 Å². The van der Waals surface area contributed by atoms with Crippen molar-refractivity contribution in [2.45, 2.75) is 18.6 Å². The van der Waals surface area contributed by atoms with E-state index in [1.165, 1.54) is 12.2 Å². The molecule has 0 saturated carbocycles. The summed E-state index contributed by atoms with van der Waals surface area (Å²) >= 11 is 12.1. The number of hydrogen-bond donors (Lipinski definition) is 1. The number of amides is 1. The third kappa shape index (κ3) is 5.65. The molecular weight excluding hydrogens is 579 g/mol. The molecule has 3 aromatic rings. The van der Waals surface area contributed by atoms with E-state index in [2.05, 4.69) is 14.9 Å². The number of carboxylic acid groups (broad SMARTS) is 1. The van der Waals surface area contributed by atoms with E-state index in [-0.39, 0.29) is 28.1 Å². The predicted octanol–water partition coefficient (Wildman–Crippen LogP) is 3.33. The Kier molecular flexibility index (Phi) is 7.76. The zero-order chi connectivity index (χ0) is 28.6. The molecule has 0 bridgehead atoms. The summed E-state index contributed by atoms with van der Waals surface area (Å²) in [4.78, 5) is 36.2. The molecule has 1 amide bonds. The minimum absolute atomic E-state index is 0.00404. The van der Waals surface area contributed by atoms with Crippen LogP contribution in [-0.2, 0) is 19.6 Å². The number of aromatic nitrogens is 3. The van der Waals surface area contributed by atoms with E-state index < -0.39 is 27.8 Å². The number of benzene rings is 1. The quantitative estimate of drug-likeness (QED) is 0.435. The summed E-state index contributed by atoms with van der Waals surface area (Å²) in [5.74, 6) is 0.0374. The Balaban J connectivity index is 1.40. The van der Waals surface area contributed by atoms with Gasteiger partial charge >= 0.3 is 5.97 Å². The molecular formula is C26H26Cl2N6O5S. The lowest BCUT2D eigenvalue weighted by molar-refractivity contribution is -0.135. The average molecular weight is 606 g/mol. The molecule has 1 aromatic carbocycles. The molecule has 1 N–H and O–H groups in total. The number of allylic oxidation sites excluding steroid dienone is 3. The second kappa shape index (κ2) is 11.1. The average Bonchev–Trinajstić information content (AvgIpc) is 3.34. The van der Waals surface area contributed by atoms with Crippen LogP contribution in [0.3, 0.4) is 0 Å². The molecule has 0 radical (unpaired) electrons. The number of nitrogens with zero attached hydrogens (tertiary/aromatic N) is 6. The Morgan fingerprint density at radius 3 is 2.40 bits per heavy atom. The number of carbonyl (C=O) groups is 2. The van der Waals surface area contributed by atoms with E-state index in [4.69, 9.17) is 23.2 Å². The maximum absolute atomic E-state index is 13.5. The first kappa shape index (κ1) is 27.9. The normalized spacial score (nSPS) is 17.9. The summed E-state index contributed by atoms with van der Waals surface area (Å²) in [7, 11) is -4.17. The van der Waals surface area contributed by atoms with Crippen LogP contribution in [0.5, 0.6) is 0 Å². The molecule has 1 unspecified atom stereocenters. The topological polar surface area (TPSA) is 129 Å². The first-order chi connectivity index (χ1) is 19.0. The van der Waals surface area contributed by atoms with Crippen molar-refractivity contribution in [2.75, 3.05) is 41.9 Å². The molecule has 5 rings (SSSR count). The van der Waals surface area contributed by atoms with Gasteiger partial charge in [0, 0.05) is 61.2 Å². The second-order valence-corrected chi connectivity index (χ2v) is 12.5. The van der Waals surface area contributed by atoms with Crippen LogP contribution >= 0.6 is 23.2 Å². The van der Waals surface area contributed by atoms with E-state index in [0.717, 1.165) is 9.82 Å².